The molecule has 1 fully saturated rings. The minimum Gasteiger partial charge on any atom is -0.480 e. The Morgan fingerprint density at radius 3 is 2.59 bits per heavy atom. The van der Waals surface area contributed by atoms with Crippen LogP contribution in [0.2, 0.25) is 0 Å². The van der Waals surface area contributed by atoms with Crippen molar-refractivity contribution in [2.45, 2.75) is 32.4 Å². The highest BCUT2D eigenvalue weighted by atomic mass is 16.4. The Labute approximate surface area is 104 Å². The van der Waals surface area contributed by atoms with Crippen molar-refractivity contribution in [2.75, 3.05) is 39.8 Å². The van der Waals surface area contributed by atoms with Crippen LogP contribution >= 0.6 is 0 Å². The van der Waals surface area contributed by atoms with E-state index in [0.717, 1.165) is 32.6 Å². The first-order valence-electron chi connectivity index (χ1n) is 6.39. The third kappa shape index (κ3) is 5.48. The number of hydrogen-bond acceptors (Lipinski definition) is 4. The van der Waals surface area contributed by atoms with Crippen molar-refractivity contribution in [3.63, 3.8) is 0 Å². The number of aliphatic carboxylic acids is 1. The highest BCUT2D eigenvalue weighted by Crippen LogP contribution is 2.03. The fourth-order valence-electron chi connectivity index (χ4n) is 2.15. The Morgan fingerprint density at radius 2 is 2.00 bits per heavy atom. The number of carboxylic acid groups (broad SMARTS) is 1. The quantitative estimate of drug-likeness (QED) is 0.716. The molecule has 0 aliphatic carbocycles. The number of hydrogen-bond donors (Lipinski definition) is 2. The van der Waals surface area contributed by atoms with Gasteiger partial charge >= 0.3 is 5.97 Å². The molecule has 2 N–H and O–H groups in total. The molecule has 100 valence electrons. The van der Waals surface area contributed by atoms with Crippen LogP contribution in [0.1, 0.15) is 20.3 Å². The zero-order valence-electron chi connectivity index (χ0n) is 11.1. The van der Waals surface area contributed by atoms with E-state index in [1.54, 1.807) is 0 Å². The van der Waals surface area contributed by atoms with Gasteiger partial charge < -0.3 is 15.3 Å². The molecule has 1 heterocycles. The predicted octanol–water partition coefficient (Wildman–Crippen LogP) is 0.0751. The van der Waals surface area contributed by atoms with Gasteiger partial charge in [0.1, 0.15) is 6.04 Å². The predicted molar refractivity (Wildman–Crippen MR) is 68.2 cm³/mol. The maximum atomic E-state index is 11.2. The summed E-state index contributed by atoms with van der Waals surface area (Å²) in [4.78, 5) is 15.7. The maximum absolute atomic E-state index is 11.2. The van der Waals surface area contributed by atoms with Gasteiger partial charge in [0.05, 0.1) is 0 Å². The summed E-state index contributed by atoms with van der Waals surface area (Å²) in [7, 11) is 2.12. The molecule has 0 spiro atoms. The smallest absolute Gasteiger partial charge is 0.322 e. The monoisotopic (exact) mass is 243 g/mol. The molecule has 0 saturated carbocycles. The molecule has 0 bridgehead atoms. The van der Waals surface area contributed by atoms with E-state index in [1.165, 1.54) is 0 Å². The minimum atomic E-state index is -0.753. The zero-order chi connectivity index (χ0) is 12.8. The van der Waals surface area contributed by atoms with Crippen LogP contribution in [-0.4, -0.2) is 72.7 Å². The molecule has 0 amide bonds. The Kier molecular flexibility index (Phi) is 5.88. The summed E-state index contributed by atoms with van der Waals surface area (Å²) in [5.41, 5.74) is 0. The molecule has 0 radical (unpaired) electrons. The molecule has 5 nitrogen and oxygen atoms in total. The molecule has 1 atom stereocenters. The third-order valence-corrected chi connectivity index (χ3v) is 3.09. The lowest BCUT2D eigenvalue weighted by Gasteiger charge is -2.25. The molecular weight excluding hydrogens is 218 g/mol. The van der Waals surface area contributed by atoms with E-state index in [9.17, 15) is 9.90 Å². The SMILES string of the molecule is CC(C)NC(CN1CCCN(C)CC1)C(=O)O. The van der Waals surface area contributed by atoms with E-state index in [1.807, 2.05) is 13.8 Å². The van der Waals surface area contributed by atoms with Crippen LogP contribution in [0, 0.1) is 0 Å². The van der Waals surface area contributed by atoms with Gasteiger partial charge in [0.15, 0.2) is 0 Å². The second-order valence-corrected chi connectivity index (χ2v) is 5.17. The van der Waals surface area contributed by atoms with E-state index in [4.69, 9.17) is 0 Å². The van der Waals surface area contributed by atoms with Crippen LogP contribution in [0.5, 0.6) is 0 Å². The van der Waals surface area contributed by atoms with Crippen molar-refractivity contribution in [3.8, 4) is 0 Å². The van der Waals surface area contributed by atoms with E-state index in [-0.39, 0.29) is 6.04 Å². The van der Waals surface area contributed by atoms with Crippen LogP contribution in [0.3, 0.4) is 0 Å². The molecule has 1 aliphatic heterocycles. The van der Waals surface area contributed by atoms with Crippen molar-refractivity contribution < 1.29 is 9.90 Å². The molecule has 0 aromatic carbocycles. The first-order valence-corrected chi connectivity index (χ1v) is 6.39. The lowest BCUT2D eigenvalue weighted by molar-refractivity contribution is -0.140. The average molecular weight is 243 g/mol. The highest BCUT2D eigenvalue weighted by molar-refractivity contribution is 5.73. The van der Waals surface area contributed by atoms with Gasteiger partial charge in [0, 0.05) is 25.7 Å². The summed E-state index contributed by atoms with van der Waals surface area (Å²) in [6.07, 6.45) is 1.12. The minimum absolute atomic E-state index is 0.200. The van der Waals surface area contributed by atoms with E-state index in [2.05, 4.69) is 22.2 Å². The lowest BCUT2D eigenvalue weighted by Crippen LogP contribution is -2.49. The fourth-order valence-corrected chi connectivity index (χ4v) is 2.15. The summed E-state index contributed by atoms with van der Waals surface area (Å²) >= 11 is 0. The molecular formula is C12H25N3O2. The van der Waals surface area contributed by atoms with E-state index >= 15 is 0 Å². The van der Waals surface area contributed by atoms with Crippen molar-refractivity contribution in [3.05, 3.63) is 0 Å². The zero-order valence-corrected chi connectivity index (χ0v) is 11.1. The van der Waals surface area contributed by atoms with Crippen LogP contribution < -0.4 is 5.32 Å². The van der Waals surface area contributed by atoms with Crippen molar-refractivity contribution in [1.29, 1.82) is 0 Å². The molecule has 17 heavy (non-hydrogen) atoms. The standard InChI is InChI=1S/C12H25N3O2/c1-10(2)13-11(12(16)17)9-15-6-4-5-14(3)7-8-15/h10-11,13H,4-9H2,1-3H3,(H,16,17). The summed E-state index contributed by atoms with van der Waals surface area (Å²) in [6.45, 7) is 8.63. The van der Waals surface area contributed by atoms with Crippen LogP contribution in [0.15, 0.2) is 0 Å². The molecule has 0 aromatic heterocycles. The fraction of sp³-hybridized carbons (Fsp3) is 0.917. The molecule has 1 saturated heterocycles. The Hall–Kier alpha value is -0.650. The molecule has 1 aliphatic rings. The maximum Gasteiger partial charge on any atom is 0.322 e. The number of nitrogens with one attached hydrogen (secondary N) is 1. The lowest BCUT2D eigenvalue weighted by atomic mass is 10.2. The molecule has 5 heteroatoms. The van der Waals surface area contributed by atoms with Crippen LogP contribution in [0.4, 0.5) is 0 Å². The summed E-state index contributed by atoms with van der Waals surface area (Å²) < 4.78 is 0. The van der Waals surface area contributed by atoms with Gasteiger partial charge in [0.25, 0.3) is 0 Å². The second kappa shape index (κ2) is 6.93. The number of likely N-dealkylation sites (N-methyl/N-ethyl adjacent to an activating group) is 1. The number of carboxylic acids is 1. The van der Waals surface area contributed by atoms with E-state index in [0.29, 0.717) is 6.54 Å². The number of rotatable bonds is 5. The first kappa shape index (κ1) is 14.4. The van der Waals surface area contributed by atoms with Crippen LogP contribution in [-0.2, 0) is 4.79 Å². The third-order valence-electron chi connectivity index (χ3n) is 3.09. The van der Waals surface area contributed by atoms with Crippen LogP contribution in [0.25, 0.3) is 0 Å². The number of carbonyl (C=O) groups is 1. The molecule has 0 aromatic rings. The molecule has 1 rings (SSSR count). The van der Waals surface area contributed by atoms with Gasteiger partial charge in [-0.15, -0.1) is 0 Å². The summed E-state index contributed by atoms with van der Waals surface area (Å²) in [6, 6.07) is -0.260. The summed E-state index contributed by atoms with van der Waals surface area (Å²) in [5.74, 6) is -0.753. The Bertz CT molecular complexity index is 246. The Morgan fingerprint density at radius 1 is 1.29 bits per heavy atom. The van der Waals surface area contributed by atoms with E-state index < -0.39 is 12.0 Å². The molecule has 1 unspecified atom stereocenters. The number of nitrogens with zero attached hydrogens (tertiary/aromatic N) is 2. The van der Waals surface area contributed by atoms with Gasteiger partial charge in [-0.3, -0.25) is 9.69 Å². The van der Waals surface area contributed by atoms with Gasteiger partial charge in [-0.2, -0.15) is 0 Å². The van der Waals surface area contributed by atoms with Gasteiger partial charge in [-0.25, -0.2) is 0 Å². The normalized spacial score (nSPS) is 21.4. The van der Waals surface area contributed by atoms with Crippen molar-refractivity contribution >= 4 is 5.97 Å². The second-order valence-electron chi connectivity index (χ2n) is 5.17. The van der Waals surface area contributed by atoms with Gasteiger partial charge in [-0.05, 0) is 26.6 Å². The first-order chi connectivity index (χ1) is 7.99. The van der Waals surface area contributed by atoms with Gasteiger partial charge in [-0.1, -0.05) is 13.8 Å². The highest BCUT2D eigenvalue weighted by Gasteiger charge is 2.22. The average Bonchev–Trinajstić information content (AvgIpc) is 2.42. The van der Waals surface area contributed by atoms with Gasteiger partial charge in [0.2, 0.25) is 0 Å². The van der Waals surface area contributed by atoms with Crippen molar-refractivity contribution in [1.82, 2.24) is 15.1 Å². The largest absolute Gasteiger partial charge is 0.480 e. The van der Waals surface area contributed by atoms with Crippen molar-refractivity contribution in [2.24, 2.45) is 0 Å². The summed E-state index contributed by atoms with van der Waals surface area (Å²) in [5, 5.41) is 12.3. The Balaban J connectivity index is 2.45. The topological polar surface area (TPSA) is 55.8 Å².